The van der Waals surface area contributed by atoms with E-state index in [-0.39, 0.29) is 12.1 Å². The Balaban J connectivity index is 0.000000450. The smallest absolute Gasteiger partial charge is 0.404 e. The second-order valence-corrected chi connectivity index (χ2v) is 8.96. The van der Waals surface area contributed by atoms with Crippen LogP contribution in [0.2, 0.25) is 10.0 Å². The number of alkyl halides is 20. The molecule has 45 heavy (non-hydrogen) atoms. The summed E-state index contributed by atoms with van der Waals surface area (Å²) in [6.07, 6.45) is -37.1. The van der Waals surface area contributed by atoms with Crippen molar-refractivity contribution in [2.75, 3.05) is 11.5 Å². The quantitative estimate of drug-likeness (QED) is 0.243. The minimum Gasteiger partial charge on any atom is -0.404 e. The lowest BCUT2D eigenvalue weighted by Gasteiger charge is -2.31. The van der Waals surface area contributed by atoms with Crippen LogP contribution in [0.3, 0.4) is 0 Å². The maximum absolute atomic E-state index is 13.8. The number of benzene rings is 2. The molecule has 258 valence electrons. The van der Waals surface area contributed by atoms with Gasteiger partial charge in [-0.2, -0.15) is 65.9 Å². The lowest BCUT2D eigenvalue weighted by Crippen LogP contribution is -2.50. The zero-order chi connectivity index (χ0) is 36.2. The van der Waals surface area contributed by atoms with Gasteiger partial charge in [-0.05, 0) is 24.3 Å². The van der Waals surface area contributed by atoms with E-state index in [9.17, 15) is 87.8 Å². The second-order valence-electron chi connectivity index (χ2n) is 8.14. The fraction of sp³-hybridized carbons (Fsp3) is 0.400. The maximum atomic E-state index is 13.8. The largest absolute Gasteiger partial charge is 0.573 e. The van der Waals surface area contributed by atoms with Gasteiger partial charge in [0.1, 0.15) is 0 Å². The van der Waals surface area contributed by atoms with E-state index in [1.54, 1.807) is 0 Å². The van der Waals surface area contributed by atoms with Gasteiger partial charge in [-0.15, -0.1) is 13.2 Å². The van der Waals surface area contributed by atoms with Crippen LogP contribution in [0.25, 0.3) is 0 Å². The monoisotopic (exact) mass is 742 g/mol. The molecule has 0 amide bonds. The highest BCUT2D eigenvalue weighted by Gasteiger charge is 2.74. The molecule has 4 N–H and O–H groups in total. The molecule has 0 aliphatic carbocycles. The third kappa shape index (κ3) is 8.06. The van der Waals surface area contributed by atoms with E-state index in [4.69, 9.17) is 34.7 Å². The molecule has 0 saturated heterocycles. The predicted molar refractivity (Wildman–Crippen MR) is 113 cm³/mol. The Hall–Kier alpha value is -2.98. The van der Waals surface area contributed by atoms with Crippen molar-refractivity contribution < 1.29 is 92.5 Å². The van der Waals surface area contributed by atoms with E-state index in [0.717, 1.165) is 0 Å². The van der Waals surface area contributed by atoms with Crippen molar-refractivity contribution in [1.82, 2.24) is 0 Å². The highest BCUT2D eigenvalue weighted by atomic mass is 35.5. The van der Waals surface area contributed by atoms with Crippen LogP contribution in [0, 0.1) is 0 Å². The summed E-state index contributed by atoms with van der Waals surface area (Å²) in [5.41, 5.74) is -11.3. The van der Waals surface area contributed by atoms with Gasteiger partial charge in [0, 0.05) is 11.1 Å². The molecule has 0 radical (unpaired) electrons. The Labute approximate surface area is 244 Å². The Kier molecular flexibility index (Phi) is 10.7. The van der Waals surface area contributed by atoms with Crippen LogP contribution in [0.1, 0.15) is 16.7 Å². The minimum atomic E-state index is -6.56. The van der Waals surface area contributed by atoms with E-state index in [0.29, 0.717) is 0 Å². The van der Waals surface area contributed by atoms with Gasteiger partial charge < -0.3 is 16.2 Å². The summed E-state index contributed by atoms with van der Waals surface area (Å²) in [7, 11) is 0. The van der Waals surface area contributed by atoms with Crippen molar-refractivity contribution in [3.05, 3.63) is 51.0 Å². The van der Waals surface area contributed by atoms with Crippen LogP contribution in [0.5, 0.6) is 5.75 Å². The number of hydrogen-bond donors (Lipinski definition) is 2. The lowest BCUT2D eigenvalue weighted by molar-refractivity contribution is -0.349. The topological polar surface area (TPSA) is 61.3 Å². The molecular formula is C20H8Cl2F20N2O. The SMILES string of the molecule is Nc1c(Cl)cc(C(F)(C(F)(F)F)C(F)(F)F)cc1C(F)(F)F.Nc1c(Cl)cc(C(F)(C(F)(F)F)C(F)(F)F)cc1OC(F)(F)F. The first kappa shape index (κ1) is 40.0. The fourth-order valence-corrected chi connectivity index (χ4v) is 3.46. The summed E-state index contributed by atoms with van der Waals surface area (Å²) in [5.74, 6) is -1.70. The first-order valence-electron chi connectivity index (χ1n) is 10.2. The minimum absolute atomic E-state index is 0.179. The van der Waals surface area contributed by atoms with Crippen LogP contribution in [0.4, 0.5) is 99.2 Å². The van der Waals surface area contributed by atoms with E-state index in [1.807, 2.05) is 0 Å². The highest BCUT2D eigenvalue weighted by Crippen LogP contribution is 2.56. The molecule has 25 heteroatoms. The van der Waals surface area contributed by atoms with Crippen molar-refractivity contribution in [2.45, 2.75) is 48.6 Å². The van der Waals surface area contributed by atoms with Crippen molar-refractivity contribution in [2.24, 2.45) is 0 Å². The molecule has 2 aromatic carbocycles. The predicted octanol–water partition coefficient (Wildman–Crippen LogP) is 10.3. The number of nitrogen functional groups attached to an aromatic ring is 2. The molecule has 0 unspecified atom stereocenters. The highest BCUT2D eigenvalue weighted by molar-refractivity contribution is 6.33. The zero-order valence-corrected chi connectivity index (χ0v) is 21.7. The summed E-state index contributed by atoms with van der Waals surface area (Å²) in [6, 6.07) is -1.55. The Morgan fingerprint density at radius 3 is 1.07 bits per heavy atom. The van der Waals surface area contributed by atoms with Crippen molar-refractivity contribution in [3.63, 3.8) is 0 Å². The third-order valence-electron chi connectivity index (χ3n) is 5.11. The van der Waals surface area contributed by atoms with Crippen LogP contribution >= 0.6 is 23.2 Å². The summed E-state index contributed by atoms with van der Waals surface area (Å²) >= 11 is 10.3. The number of anilines is 2. The van der Waals surface area contributed by atoms with Gasteiger partial charge >= 0.3 is 48.6 Å². The van der Waals surface area contributed by atoms with Crippen LogP contribution < -0.4 is 16.2 Å². The Morgan fingerprint density at radius 2 is 0.778 bits per heavy atom. The molecule has 0 aliphatic heterocycles. The van der Waals surface area contributed by atoms with E-state index >= 15 is 0 Å². The van der Waals surface area contributed by atoms with Crippen LogP contribution in [-0.2, 0) is 17.5 Å². The van der Waals surface area contributed by atoms with Crippen LogP contribution in [-0.4, -0.2) is 31.1 Å². The molecule has 0 bridgehead atoms. The van der Waals surface area contributed by atoms with Gasteiger partial charge in [0.2, 0.25) is 0 Å². The van der Waals surface area contributed by atoms with Gasteiger partial charge in [0.25, 0.3) is 0 Å². The molecular weight excluding hydrogens is 735 g/mol. The molecule has 2 aromatic rings. The van der Waals surface area contributed by atoms with Crippen molar-refractivity contribution in [1.29, 1.82) is 0 Å². The molecule has 0 aromatic heterocycles. The third-order valence-corrected chi connectivity index (χ3v) is 5.74. The number of halogens is 22. The van der Waals surface area contributed by atoms with Crippen LogP contribution in [0.15, 0.2) is 24.3 Å². The van der Waals surface area contributed by atoms with Gasteiger partial charge in [0.05, 0.1) is 27.0 Å². The van der Waals surface area contributed by atoms with Gasteiger partial charge in [-0.3, -0.25) is 0 Å². The number of rotatable bonds is 3. The van der Waals surface area contributed by atoms with Gasteiger partial charge in [-0.1, -0.05) is 23.2 Å². The number of hydrogen-bond acceptors (Lipinski definition) is 3. The molecule has 0 heterocycles. The summed E-state index contributed by atoms with van der Waals surface area (Å²) in [4.78, 5) is 0. The molecule has 0 saturated carbocycles. The molecule has 3 nitrogen and oxygen atoms in total. The molecule has 0 atom stereocenters. The molecule has 0 spiro atoms. The zero-order valence-electron chi connectivity index (χ0n) is 20.2. The summed E-state index contributed by atoms with van der Waals surface area (Å²) < 4.78 is 255. The standard InChI is InChI=1S/C10H4ClF10NO.C10H4ClF10N/c11-4-1-3(2-5(6(4)22)23-10(19,20)21)7(12,8(13,14)15)9(16,17)18;11-5-2-3(1-4(6(5)22)8(13,14)15)7(12,9(16,17)18)10(19,20)21/h1-2H,22H2;1-2H,22H2. The summed E-state index contributed by atoms with van der Waals surface area (Å²) in [5, 5.41) is -2.47. The van der Waals surface area contributed by atoms with Gasteiger partial charge in [0.15, 0.2) is 5.75 Å². The average molecular weight is 743 g/mol. The van der Waals surface area contributed by atoms with Gasteiger partial charge in [-0.25, -0.2) is 8.78 Å². The van der Waals surface area contributed by atoms with E-state index < -0.39 is 105 Å². The lowest BCUT2D eigenvalue weighted by atomic mass is 9.92. The molecule has 0 aliphatic rings. The Bertz CT molecular complexity index is 1340. The first-order chi connectivity index (χ1) is 19.5. The number of ether oxygens (including phenoxy) is 1. The molecule has 2 rings (SSSR count). The normalized spacial score (nSPS) is 14.2. The average Bonchev–Trinajstić information content (AvgIpc) is 2.78. The van der Waals surface area contributed by atoms with Crippen molar-refractivity contribution in [3.8, 4) is 5.75 Å². The summed E-state index contributed by atoms with van der Waals surface area (Å²) in [6.45, 7) is 0. The maximum Gasteiger partial charge on any atom is 0.573 e. The molecule has 0 fully saturated rings. The first-order valence-corrected chi connectivity index (χ1v) is 11.0. The second kappa shape index (κ2) is 12.0. The van der Waals surface area contributed by atoms with E-state index in [2.05, 4.69) is 4.74 Å². The van der Waals surface area contributed by atoms with Crippen molar-refractivity contribution >= 4 is 34.6 Å². The fourth-order valence-electron chi connectivity index (χ4n) is 3.03. The van der Waals surface area contributed by atoms with E-state index in [1.165, 1.54) is 0 Å². The Morgan fingerprint density at radius 1 is 0.467 bits per heavy atom. The number of nitrogens with two attached hydrogens (primary N) is 2.